The van der Waals surface area contributed by atoms with E-state index in [1.807, 2.05) is 32.9 Å². The third-order valence-corrected chi connectivity index (χ3v) is 6.17. The molecule has 9 heteroatoms. The van der Waals surface area contributed by atoms with E-state index < -0.39 is 22.0 Å². The molecule has 0 radical (unpaired) electrons. The minimum atomic E-state index is -3.61. The molecule has 0 saturated heterocycles. The summed E-state index contributed by atoms with van der Waals surface area (Å²) in [6.07, 6.45) is 0.122. The maximum Gasteiger partial charge on any atom is 0.267 e. The van der Waals surface area contributed by atoms with E-state index in [0.717, 1.165) is 11.8 Å². The van der Waals surface area contributed by atoms with Crippen LogP contribution in [-0.2, 0) is 20.2 Å². The van der Waals surface area contributed by atoms with Crippen molar-refractivity contribution in [3.63, 3.8) is 0 Å². The van der Waals surface area contributed by atoms with Gasteiger partial charge in [0, 0.05) is 11.8 Å². The average Bonchev–Trinajstić information content (AvgIpc) is 3.13. The molecule has 0 spiro atoms. The summed E-state index contributed by atoms with van der Waals surface area (Å²) in [7, 11) is -3.61. The van der Waals surface area contributed by atoms with Gasteiger partial charge in [-0.05, 0) is 35.2 Å². The molecule has 2 aliphatic heterocycles. The molecule has 0 aliphatic carbocycles. The number of rotatable bonds is 3. The minimum absolute atomic E-state index is 0.115. The summed E-state index contributed by atoms with van der Waals surface area (Å²) < 4.78 is 42.6. The molecule has 1 amide bonds. The molecule has 0 aromatic heterocycles. The Bertz CT molecular complexity index is 1110. The molecule has 4 rings (SSSR count). The van der Waals surface area contributed by atoms with E-state index in [1.165, 1.54) is 4.31 Å². The third kappa shape index (κ3) is 3.89. The van der Waals surface area contributed by atoms with E-state index in [2.05, 4.69) is 5.32 Å². The fraction of sp³-hybridized carbons (Fsp3) is 0.381. The second kappa shape index (κ2) is 7.09. The highest BCUT2D eigenvalue weighted by Crippen LogP contribution is 2.39. The molecule has 160 valence electrons. The topological polar surface area (TPSA) is 94.2 Å². The standard InChI is InChI=1S/C21H24N2O6S/c1-21(2,3)13-5-7-16-15(9-13)23(30(4,25)26)11-19(29-16)20(24)22-14-6-8-17-18(10-14)28-12-27-17/h5-10,19H,11-12H2,1-4H3,(H,22,24). The van der Waals surface area contributed by atoms with Crippen molar-refractivity contribution in [2.45, 2.75) is 32.3 Å². The maximum atomic E-state index is 12.8. The molecule has 30 heavy (non-hydrogen) atoms. The number of nitrogens with zero attached hydrogens (tertiary/aromatic N) is 1. The van der Waals surface area contributed by atoms with Gasteiger partial charge in [0.05, 0.1) is 18.5 Å². The number of hydrogen-bond donors (Lipinski definition) is 1. The van der Waals surface area contributed by atoms with E-state index in [0.29, 0.717) is 28.6 Å². The monoisotopic (exact) mass is 432 g/mol. The lowest BCUT2D eigenvalue weighted by Gasteiger charge is -2.35. The van der Waals surface area contributed by atoms with Crippen LogP contribution in [0.2, 0.25) is 0 Å². The van der Waals surface area contributed by atoms with Crippen LogP contribution >= 0.6 is 0 Å². The summed E-state index contributed by atoms with van der Waals surface area (Å²) in [5.41, 5.74) is 1.76. The van der Waals surface area contributed by atoms with Gasteiger partial charge in [-0.1, -0.05) is 26.8 Å². The number of sulfonamides is 1. The minimum Gasteiger partial charge on any atom is -0.476 e. The molecular formula is C21H24N2O6S. The van der Waals surface area contributed by atoms with Crippen molar-refractivity contribution in [1.29, 1.82) is 0 Å². The van der Waals surface area contributed by atoms with E-state index >= 15 is 0 Å². The molecule has 1 atom stereocenters. The Hall–Kier alpha value is -2.94. The Morgan fingerprint density at radius 1 is 1.07 bits per heavy atom. The van der Waals surface area contributed by atoms with E-state index in [-0.39, 0.29) is 18.8 Å². The molecule has 2 heterocycles. The van der Waals surface area contributed by atoms with Crippen LogP contribution in [-0.4, -0.2) is 40.0 Å². The van der Waals surface area contributed by atoms with Gasteiger partial charge in [-0.15, -0.1) is 0 Å². The number of carbonyl (C=O) groups excluding carboxylic acids is 1. The van der Waals surface area contributed by atoms with Gasteiger partial charge < -0.3 is 19.5 Å². The zero-order valence-electron chi connectivity index (χ0n) is 17.3. The number of benzene rings is 2. The molecule has 2 aromatic carbocycles. The molecule has 1 unspecified atom stereocenters. The number of ether oxygens (including phenoxy) is 3. The van der Waals surface area contributed by atoms with Crippen molar-refractivity contribution in [3.8, 4) is 17.2 Å². The molecule has 0 fully saturated rings. The van der Waals surface area contributed by atoms with Gasteiger partial charge in [0.15, 0.2) is 17.6 Å². The quantitative estimate of drug-likeness (QED) is 0.802. The van der Waals surface area contributed by atoms with Crippen molar-refractivity contribution in [1.82, 2.24) is 0 Å². The van der Waals surface area contributed by atoms with Crippen molar-refractivity contribution < 1.29 is 27.4 Å². The molecule has 0 bridgehead atoms. The Morgan fingerprint density at radius 2 is 1.77 bits per heavy atom. The van der Waals surface area contributed by atoms with Gasteiger partial charge in [-0.3, -0.25) is 9.10 Å². The second-order valence-corrected chi connectivity index (χ2v) is 10.3. The molecule has 2 aliphatic rings. The molecule has 1 N–H and O–H groups in total. The molecule has 0 saturated carbocycles. The fourth-order valence-corrected chi connectivity index (χ4v) is 4.27. The lowest BCUT2D eigenvalue weighted by molar-refractivity contribution is -0.122. The number of hydrogen-bond acceptors (Lipinski definition) is 6. The van der Waals surface area contributed by atoms with E-state index in [4.69, 9.17) is 14.2 Å². The first-order valence-electron chi connectivity index (χ1n) is 9.52. The average molecular weight is 432 g/mol. The first kappa shape index (κ1) is 20.3. The van der Waals surface area contributed by atoms with Crippen LogP contribution in [0.4, 0.5) is 11.4 Å². The van der Waals surface area contributed by atoms with Gasteiger partial charge in [0.1, 0.15) is 5.75 Å². The van der Waals surface area contributed by atoms with Crippen molar-refractivity contribution in [2.75, 3.05) is 29.2 Å². The number of amides is 1. The first-order valence-corrected chi connectivity index (χ1v) is 11.4. The van der Waals surface area contributed by atoms with E-state index in [9.17, 15) is 13.2 Å². The van der Waals surface area contributed by atoms with Crippen LogP contribution in [0.3, 0.4) is 0 Å². The summed E-state index contributed by atoms with van der Waals surface area (Å²) in [4.78, 5) is 12.8. The lowest BCUT2D eigenvalue weighted by Crippen LogP contribution is -2.48. The third-order valence-electron chi connectivity index (χ3n) is 5.03. The zero-order chi connectivity index (χ0) is 21.7. The summed E-state index contributed by atoms with van der Waals surface area (Å²) in [5.74, 6) is 1.04. The summed E-state index contributed by atoms with van der Waals surface area (Å²) in [6.45, 7) is 6.16. The fourth-order valence-electron chi connectivity index (χ4n) is 3.37. The number of anilines is 2. The largest absolute Gasteiger partial charge is 0.476 e. The van der Waals surface area contributed by atoms with Gasteiger partial charge >= 0.3 is 0 Å². The molecule has 2 aromatic rings. The highest BCUT2D eigenvalue weighted by atomic mass is 32.2. The summed E-state index contributed by atoms with van der Waals surface area (Å²) in [5, 5.41) is 2.76. The number of nitrogens with one attached hydrogen (secondary N) is 1. The normalized spacial score (nSPS) is 17.9. The predicted octanol–water partition coefficient (Wildman–Crippen LogP) is 2.88. The molecule has 8 nitrogen and oxygen atoms in total. The molecular weight excluding hydrogens is 408 g/mol. The highest BCUT2D eigenvalue weighted by molar-refractivity contribution is 7.92. The smallest absolute Gasteiger partial charge is 0.267 e. The van der Waals surface area contributed by atoms with Crippen molar-refractivity contribution >= 4 is 27.3 Å². The van der Waals surface area contributed by atoms with Crippen LogP contribution in [0.1, 0.15) is 26.3 Å². The first-order chi connectivity index (χ1) is 14.0. The Morgan fingerprint density at radius 3 is 2.47 bits per heavy atom. The van der Waals surface area contributed by atoms with Crippen LogP contribution in [0.25, 0.3) is 0 Å². The predicted molar refractivity (Wildman–Crippen MR) is 113 cm³/mol. The van der Waals surface area contributed by atoms with Gasteiger partial charge in [0.25, 0.3) is 5.91 Å². The van der Waals surface area contributed by atoms with Gasteiger partial charge in [0.2, 0.25) is 16.8 Å². The lowest BCUT2D eigenvalue weighted by atomic mass is 9.86. The van der Waals surface area contributed by atoms with Gasteiger partial charge in [-0.25, -0.2) is 8.42 Å². The summed E-state index contributed by atoms with van der Waals surface area (Å²) in [6, 6.07) is 10.5. The zero-order valence-corrected chi connectivity index (χ0v) is 18.1. The van der Waals surface area contributed by atoms with Crippen LogP contribution < -0.4 is 23.8 Å². The van der Waals surface area contributed by atoms with Gasteiger partial charge in [-0.2, -0.15) is 0 Å². The van der Waals surface area contributed by atoms with Crippen LogP contribution in [0.15, 0.2) is 36.4 Å². The Balaban J connectivity index is 1.61. The number of carbonyl (C=O) groups is 1. The van der Waals surface area contributed by atoms with Crippen molar-refractivity contribution in [3.05, 3.63) is 42.0 Å². The van der Waals surface area contributed by atoms with E-state index in [1.54, 1.807) is 24.3 Å². The van der Waals surface area contributed by atoms with Crippen LogP contribution in [0, 0.1) is 0 Å². The Labute approximate surface area is 175 Å². The summed E-state index contributed by atoms with van der Waals surface area (Å²) >= 11 is 0. The Kier molecular flexibility index (Phi) is 4.80. The maximum absolute atomic E-state index is 12.8. The SMILES string of the molecule is CC(C)(C)c1ccc2c(c1)N(S(C)(=O)=O)CC(C(=O)Nc1ccc3c(c1)OCO3)O2. The van der Waals surface area contributed by atoms with Crippen LogP contribution in [0.5, 0.6) is 17.2 Å². The number of fused-ring (bicyclic) bond motifs is 2. The highest BCUT2D eigenvalue weighted by Gasteiger charge is 2.36. The van der Waals surface area contributed by atoms with Crippen molar-refractivity contribution in [2.24, 2.45) is 0 Å². The second-order valence-electron chi connectivity index (χ2n) is 8.39.